The second kappa shape index (κ2) is 8.21. The number of aryl methyl sites for hydroxylation is 1. The molecular formula is C23H24FN3O. The molecule has 0 fully saturated rings. The summed E-state index contributed by atoms with van der Waals surface area (Å²) >= 11 is 0. The summed E-state index contributed by atoms with van der Waals surface area (Å²) in [5.74, 6) is -0.394. The molecule has 0 saturated heterocycles. The van der Waals surface area contributed by atoms with Crippen LogP contribution in [0.15, 0.2) is 60.7 Å². The Hall–Kier alpha value is -3.21. The normalized spacial score (nSPS) is 11.5. The van der Waals surface area contributed by atoms with Crippen LogP contribution >= 0.6 is 0 Å². The number of likely N-dealkylation sites (N-methyl/N-ethyl adjacent to an activating group) is 1. The van der Waals surface area contributed by atoms with Gasteiger partial charge in [0.05, 0.1) is 11.4 Å². The van der Waals surface area contributed by atoms with E-state index in [1.807, 2.05) is 55.8 Å². The highest BCUT2D eigenvalue weighted by atomic mass is 19.1. The Morgan fingerprint density at radius 1 is 1.11 bits per heavy atom. The third kappa shape index (κ3) is 4.19. The molecule has 0 aliphatic carbocycles. The van der Waals surface area contributed by atoms with Crippen molar-refractivity contribution in [1.29, 1.82) is 0 Å². The second-order valence-corrected chi connectivity index (χ2v) is 6.93. The zero-order valence-electron chi connectivity index (χ0n) is 16.6. The standard InChI is InChI=1S/C23H24FN3O/c1-16(19-10-12-20(24)13-11-19)14-23(28)26(4)15-22-17(2)25-27(18(22)3)21-8-6-5-7-9-21/h5-14H,15H2,1-4H3/b16-14-. The van der Waals surface area contributed by atoms with Crippen molar-refractivity contribution in [3.8, 4) is 5.69 Å². The van der Waals surface area contributed by atoms with E-state index < -0.39 is 0 Å². The summed E-state index contributed by atoms with van der Waals surface area (Å²) < 4.78 is 15.0. The fraction of sp³-hybridized carbons (Fsp3) is 0.217. The van der Waals surface area contributed by atoms with Crippen molar-refractivity contribution in [2.45, 2.75) is 27.3 Å². The molecule has 4 nitrogen and oxygen atoms in total. The number of hydrogen-bond acceptors (Lipinski definition) is 2. The molecule has 2 aromatic carbocycles. The Morgan fingerprint density at radius 3 is 2.39 bits per heavy atom. The maximum atomic E-state index is 13.1. The predicted octanol–water partition coefficient (Wildman–Crippen LogP) is 4.69. The highest BCUT2D eigenvalue weighted by Crippen LogP contribution is 2.20. The van der Waals surface area contributed by atoms with Crippen molar-refractivity contribution in [2.75, 3.05) is 7.05 Å². The second-order valence-electron chi connectivity index (χ2n) is 6.93. The van der Waals surface area contributed by atoms with Gasteiger partial charge in [0, 0.05) is 30.9 Å². The molecule has 0 radical (unpaired) electrons. The maximum Gasteiger partial charge on any atom is 0.246 e. The molecule has 0 N–H and O–H groups in total. The Balaban J connectivity index is 1.78. The van der Waals surface area contributed by atoms with Crippen LogP contribution in [0.4, 0.5) is 4.39 Å². The molecule has 144 valence electrons. The quantitative estimate of drug-likeness (QED) is 0.605. The topological polar surface area (TPSA) is 38.1 Å². The van der Waals surface area contributed by atoms with Gasteiger partial charge in [-0.1, -0.05) is 30.3 Å². The molecule has 1 amide bonds. The van der Waals surface area contributed by atoms with Crippen molar-refractivity contribution in [1.82, 2.24) is 14.7 Å². The summed E-state index contributed by atoms with van der Waals surface area (Å²) in [6.45, 7) is 6.29. The van der Waals surface area contributed by atoms with Crippen molar-refractivity contribution in [3.63, 3.8) is 0 Å². The van der Waals surface area contributed by atoms with Crippen molar-refractivity contribution < 1.29 is 9.18 Å². The third-order valence-electron chi connectivity index (χ3n) is 4.85. The van der Waals surface area contributed by atoms with Crippen LogP contribution in [0.25, 0.3) is 11.3 Å². The largest absolute Gasteiger partial charge is 0.338 e. The number of amides is 1. The number of aromatic nitrogens is 2. The number of hydrogen-bond donors (Lipinski definition) is 0. The maximum absolute atomic E-state index is 13.1. The van der Waals surface area contributed by atoms with E-state index in [1.54, 1.807) is 30.2 Å². The van der Waals surface area contributed by atoms with Crippen LogP contribution in [0.3, 0.4) is 0 Å². The summed E-state index contributed by atoms with van der Waals surface area (Å²) in [6.07, 6.45) is 1.58. The molecule has 1 heterocycles. The van der Waals surface area contributed by atoms with E-state index in [0.717, 1.165) is 33.8 Å². The van der Waals surface area contributed by atoms with Crippen LogP contribution in [0.5, 0.6) is 0 Å². The molecule has 0 unspecified atom stereocenters. The lowest BCUT2D eigenvalue weighted by molar-refractivity contribution is -0.125. The molecule has 0 bridgehead atoms. The Bertz CT molecular complexity index is 1000. The van der Waals surface area contributed by atoms with Gasteiger partial charge in [-0.25, -0.2) is 9.07 Å². The average molecular weight is 377 g/mol. The first-order chi connectivity index (χ1) is 13.4. The fourth-order valence-corrected chi connectivity index (χ4v) is 3.13. The first kappa shape index (κ1) is 19.5. The molecular weight excluding hydrogens is 353 g/mol. The van der Waals surface area contributed by atoms with Crippen molar-refractivity contribution in [2.24, 2.45) is 0 Å². The number of carbonyl (C=O) groups excluding carboxylic acids is 1. The SMILES string of the molecule is C/C(=C/C(=O)N(C)Cc1c(C)nn(-c2ccccc2)c1C)c1ccc(F)cc1. The van der Waals surface area contributed by atoms with Gasteiger partial charge in [0.15, 0.2) is 0 Å². The van der Waals surface area contributed by atoms with Gasteiger partial charge >= 0.3 is 0 Å². The Labute approximate surface area is 164 Å². The molecule has 0 atom stereocenters. The van der Waals surface area contributed by atoms with Crippen LogP contribution in [0.1, 0.15) is 29.4 Å². The van der Waals surface area contributed by atoms with Crippen molar-refractivity contribution in [3.05, 3.63) is 89.0 Å². The average Bonchev–Trinajstić information content (AvgIpc) is 2.97. The summed E-state index contributed by atoms with van der Waals surface area (Å²) in [4.78, 5) is 14.3. The highest BCUT2D eigenvalue weighted by Gasteiger charge is 2.16. The lowest BCUT2D eigenvalue weighted by Gasteiger charge is -2.16. The first-order valence-corrected chi connectivity index (χ1v) is 9.16. The molecule has 1 aromatic heterocycles. The molecule has 3 aromatic rings. The number of para-hydroxylation sites is 1. The lowest BCUT2D eigenvalue weighted by Crippen LogP contribution is -2.25. The van der Waals surface area contributed by atoms with Gasteiger partial charge < -0.3 is 4.90 Å². The molecule has 0 aliphatic heterocycles. The van der Waals surface area contributed by atoms with E-state index in [0.29, 0.717) is 6.54 Å². The van der Waals surface area contributed by atoms with E-state index in [9.17, 15) is 9.18 Å². The molecule has 0 spiro atoms. The minimum absolute atomic E-state index is 0.104. The smallest absolute Gasteiger partial charge is 0.246 e. The third-order valence-corrected chi connectivity index (χ3v) is 4.85. The lowest BCUT2D eigenvalue weighted by atomic mass is 10.1. The van der Waals surface area contributed by atoms with Gasteiger partial charge in [-0.3, -0.25) is 4.79 Å². The van der Waals surface area contributed by atoms with Gasteiger partial charge in [0.1, 0.15) is 5.82 Å². The minimum atomic E-state index is -0.290. The number of carbonyl (C=O) groups is 1. The van der Waals surface area contributed by atoms with E-state index >= 15 is 0 Å². The summed E-state index contributed by atoms with van der Waals surface area (Å²) in [7, 11) is 1.77. The van der Waals surface area contributed by atoms with E-state index in [2.05, 4.69) is 5.10 Å². The summed E-state index contributed by atoms with van der Waals surface area (Å²) in [5.41, 5.74) is 5.57. The van der Waals surface area contributed by atoms with Crippen LogP contribution in [0, 0.1) is 19.7 Å². The van der Waals surface area contributed by atoms with Gasteiger partial charge in [0.2, 0.25) is 5.91 Å². The van der Waals surface area contributed by atoms with Crippen molar-refractivity contribution >= 4 is 11.5 Å². The molecule has 0 saturated carbocycles. The number of benzene rings is 2. The summed E-state index contributed by atoms with van der Waals surface area (Å²) in [5, 5.41) is 4.64. The van der Waals surface area contributed by atoms with Gasteiger partial charge in [-0.15, -0.1) is 0 Å². The minimum Gasteiger partial charge on any atom is -0.338 e. The predicted molar refractivity (Wildman–Crippen MR) is 110 cm³/mol. The first-order valence-electron chi connectivity index (χ1n) is 9.16. The van der Waals surface area contributed by atoms with Gasteiger partial charge in [0.25, 0.3) is 0 Å². The number of halogens is 1. The monoisotopic (exact) mass is 377 g/mol. The molecule has 3 rings (SSSR count). The number of allylic oxidation sites excluding steroid dienone is 1. The number of nitrogens with zero attached hydrogens (tertiary/aromatic N) is 3. The van der Waals surface area contributed by atoms with Crippen LogP contribution < -0.4 is 0 Å². The van der Waals surface area contributed by atoms with Crippen LogP contribution in [-0.4, -0.2) is 27.6 Å². The molecule has 0 aliphatic rings. The van der Waals surface area contributed by atoms with E-state index in [-0.39, 0.29) is 11.7 Å². The van der Waals surface area contributed by atoms with Crippen LogP contribution in [0.2, 0.25) is 0 Å². The van der Waals surface area contributed by atoms with E-state index in [1.165, 1.54) is 12.1 Å². The zero-order chi connectivity index (χ0) is 20.3. The Morgan fingerprint density at radius 2 is 1.75 bits per heavy atom. The van der Waals surface area contributed by atoms with Gasteiger partial charge in [-0.2, -0.15) is 5.10 Å². The van der Waals surface area contributed by atoms with Crippen LogP contribution in [-0.2, 0) is 11.3 Å². The zero-order valence-corrected chi connectivity index (χ0v) is 16.6. The van der Waals surface area contributed by atoms with E-state index in [4.69, 9.17) is 0 Å². The highest BCUT2D eigenvalue weighted by molar-refractivity contribution is 5.94. The number of rotatable bonds is 5. The fourth-order valence-electron chi connectivity index (χ4n) is 3.13. The molecule has 28 heavy (non-hydrogen) atoms. The van der Waals surface area contributed by atoms with Gasteiger partial charge in [-0.05, 0) is 56.2 Å². The Kier molecular flexibility index (Phi) is 5.73. The summed E-state index contributed by atoms with van der Waals surface area (Å²) in [6, 6.07) is 16.1. The molecule has 5 heteroatoms.